The Morgan fingerprint density at radius 3 is 2.83 bits per heavy atom. The quantitative estimate of drug-likeness (QED) is 0.767. The van der Waals surface area contributed by atoms with E-state index in [0.29, 0.717) is 0 Å². The Bertz CT molecular complexity index is 699. The van der Waals surface area contributed by atoms with Gasteiger partial charge in [-0.25, -0.2) is 0 Å². The lowest BCUT2D eigenvalue weighted by Gasteiger charge is -2.05. The van der Waals surface area contributed by atoms with Crippen LogP contribution in [0.1, 0.15) is 22.2 Å². The fourth-order valence-corrected chi connectivity index (χ4v) is 2.93. The van der Waals surface area contributed by atoms with Crippen molar-refractivity contribution < 1.29 is 5.11 Å². The molecule has 0 saturated heterocycles. The molecule has 92 valence electrons. The number of benzene rings is 1. The van der Waals surface area contributed by atoms with Crippen LogP contribution in [0.2, 0.25) is 0 Å². The number of thiophene rings is 1. The third-order valence-corrected chi connectivity index (χ3v) is 3.99. The monoisotopic (exact) mass is 258 g/mol. The predicted octanol–water partition coefficient (Wildman–Crippen LogP) is 3.02. The average molecular weight is 258 g/mol. The molecule has 4 heteroatoms. The number of aliphatic hydroxyl groups is 1. The minimum atomic E-state index is -0.652. The Hall–Kier alpha value is -1.65. The van der Waals surface area contributed by atoms with Gasteiger partial charge in [0, 0.05) is 17.3 Å². The molecule has 0 saturated carbocycles. The summed E-state index contributed by atoms with van der Waals surface area (Å²) in [6.07, 6.45) is -0.652. The second-order valence-corrected chi connectivity index (χ2v) is 5.53. The number of hydrogen-bond donors (Lipinski definition) is 1. The number of aromatic nitrogens is 2. The van der Waals surface area contributed by atoms with Gasteiger partial charge in [0.05, 0.1) is 5.52 Å². The summed E-state index contributed by atoms with van der Waals surface area (Å²) < 4.78 is 1.81. The Balaban J connectivity index is 2.14. The van der Waals surface area contributed by atoms with Gasteiger partial charge in [0.15, 0.2) is 0 Å². The van der Waals surface area contributed by atoms with Crippen LogP contribution in [-0.2, 0) is 7.05 Å². The van der Waals surface area contributed by atoms with E-state index in [-0.39, 0.29) is 0 Å². The maximum atomic E-state index is 10.4. The lowest BCUT2D eigenvalue weighted by molar-refractivity contribution is 0.216. The minimum absolute atomic E-state index is 0.652. The number of nitrogens with zero attached hydrogens (tertiary/aromatic N) is 2. The van der Waals surface area contributed by atoms with E-state index >= 15 is 0 Å². The second-order valence-electron chi connectivity index (χ2n) is 4.42. The van der Waals surface area contributed by atoms with Crippen molar-refractivity contribution in [3.63, 3.8) is 0 Å². The van der Waals surface area contributed by atoms with E-state index in [1.807, 2.05) is 54.4 Å². The van der Waals surface area contributed by atoms with Gasteiger partial charge in [0.1, 0.15) is 11.8 Å². The highest BCUT2D eigenvalue weighted by molar-refractivity contribution is 7.10. The Labute approximate surface area is 109 Å². The van der Waals surface area contributed by atoms with Crippen LogP contribution in [0.5, 0.6) is 0 Å². The number of rotatable bonds is 2. The first-order chi connectivity index (χ1) is 8.66. The van der Waals surface area contributed by atoms with Crippen LogP contribution >= 0.6 is 11.3 Å². The van der Waals surface area contributed by atoms with E-state index in [0.717, 1.165) is 22.2 Å². The Morgan fingerprint density at radius 2 is 2.11 bits per heavy atom. The zero-order valence-electron chi connectivity index (χ0n) is 10.3. The summed E-state index contributed by atoms with van der Waals surface area (Å²) in [6, 6.07) is 9.98. The SMILES string of the molecule is Cc1cc(C(O)c2nn(C)c3ccccc23)cs1. The van der Waals surface area contributed by atoms with E-state index in [9.17, 15) is 5.11 Å². The molecule has 1 N–H and O–H groups in total. The van der Waals surface area contributed by atoms with Crippen molar-refractivity contribution in [1.82, 2.24) is 9.78 Å². The van der Waals surface area contributed by atoms with E-state index in [4.69, 9.17) is 0 Å². The van der Waals surface area contributed by atoms with Crippen molar-refractivity contribution in [2.75, 3.05) is 0 Å². The highest BCUT2D eigenvalue weighted by atomic mass is 32.1. The van der Waals surface area contributed by atoms with Crippen LogP contribution in [-0.4, -0.2) is 14.9 Å². The van der Waals surface area contributed by atoms with Crippen LogP contribution in [0, 0.1) is 6.92 Å². The molecule has 2 heterocycles. The molecule has 0 bridgehead atoms. The molecule has 0 aliphatic carbocycles. The van der Waals surface area contributed by atoms with E-state index in [1.54, 1.807) is 11.3 Å². The van der Waals surface area contributed by atoms with Crippen molar-refractivity contribution >= 4 is 22.2 Å². The number of para-hydroxylation sites is 1. The molecular weight excluding hydrogens is 244 g/mol. The van der Waals surface area contributed by atoms with Gasteiger partial charge in [-0.3, -0.25) is 4.68 Å². The standard InChI is InChI=1S/C14H14N2OS/c1-9-7-10(8-18-9)14(17)13-11-5-3-4-6-12(11)16(2)15-13/h3-8,14,17H,1-2H3. The number of hydrogen-bond acceptors (Lipinski definition) is 3. The summed E-state index contributed by atoms with van der Waals surface area (Å²) in [7, 11) is 1.90. The van der Waals surface area contributed by atoms with Gasteiger partial charge in [-0.2, -0.15) is 5.10 Å². The first-order valence-corrected chi connectivity index (χ1v) is 6.69. The zero-order valence-corrected chi connectivity index (χ0v) is 11.1. The maximum absolute atomic E-state index is 10.4. The highest BCUT2D eigenvalue weighted by Crippen LogP contribution is 2.30. The molecule has 3 nitrogen and oxygen atoms in total. The Kier molecular flexibility index (Phi) is 2.69. The number of fused-ring (bicyclic) bond motifs is 1. The van der Waals surface area contributed by atoms with Crippen molar-refractivity contribution in [3.05, 3.63) is 51.8 Å². The lowest BCUT2D eigenvalue weighted by atomic mass is 10.1. The lowest BCUT2D eigenvalue weighted by Crippen LogP contribution is -2.00. The van der Waals surface area contributed by atoms with Crippen molar-refractivity contribution in [1.29, 1.82) is 0 Å². The number of aliphatic hydroxyl groups excluding tert-OH is 1. The van der Waals surface area contributed by atoms with Gasteiger partial charge in [0.2, 0.25) is 0 Å². The van der Waals surface area contributed by atoms with Crippen molar-refractivity contribution in [3.8, 4) is 0 Å². The average Bonchev–Trinajstić information content (AvgIpc) is 2.94. The highest BCUT2D eigenvalue weighted by Gasteiger charge is 2.18. The van der Waals surface area contributed by atoms with Gasteiger partial charge in [-0.05, 0) is 30.0 Å². The van der Waals surface area contributed by atoms with E-state index in [2.05, 4.69) is 5.10 Å². The molecule has 3 aromatic rings. The van der Waals surface area contributed by atoms with Gasteiger partial charge in [0.25, 0.3) is 0 Å². The third kappa shape index (κ3) is 1.74. The molecule has 1 atom stereocenters. The molecule has 0 radical (unpaired) electrons. The minimum Gasteiger partial charge on any atom is -0.382 e. The van der Waals surface area contributed by atoms with Crippen molar-refractivity contribution in [2.24, 2.45) is 7.05 Å². The topological polar surface area (TPSA) is 38.1 Å². The molecular formula is C14H14N2OS. The van der Waals surface area contributed by atoms with Crippen molar-refractivity contribution in [2.45, 2.75) is 13.0 Å². The molecule has 2 aromatic heterocycles. The summed E-state index contributed by atoms with van der Waals surface area (Å²) in [5.41, 5.74) is 2.69. The molecule has 18 heavy (non-hydrogen) atoms. The summed E-state index contributed by atoms with van der Waals surface area (Å²) in [4.78, 5) is 1.20. The molecule has 0 aliphatic rings. The third-order valence-electron chi connectivity index (χ3n) is 3.11. The summed E-state index contributed by atoms with van der Waals surface area (Å²) in [5, 5.41) is 17.9. The van der Waals surface area contributed by atoms with Gasteiger partial charge in [-0.15, -0.1) is 11.3 Å². The smallest absolute Gasteiger partial charge is 0.124 e. The molecule has 0 spiro atoms. The van der Waals surface area contributed by atoms with Gasteiger partial charge >= 0.3 is 0 Å². The second kappa shape index (κ2) is 4.23. The Morgan fingerprint density at radius 1 is 1.33 bits per heavy atom. The zero-order chi connectivity index (χ0) is 12.7. The molecule has 1 aromatic carbocycles. The first-order valence-electron chi connectivity index (χ1n) is 5.81. The largest absolute Gasteiger partial charge is 0.382 e. The molecule has 3 rings (SSSR count). The van der Waals surface area contributed by atoms with E-state index < -0.39 is 6.10 Å². The summed E-state index contributed by atoms with van der Waals surface area (Å²) >= 11 is 1.65. The molecule has 0 amide bonds. The van der Waals surface area contributed by atoms with Gasteiger partial charge < -0.3 is 5.11 Å². The molecule has 0 fully saturated rings. The van der Waals surface area contributed by atoms with Crippen LogP contribution in [0.15, 0.2) is 35.7 Å². The summed E-state index contributed by atoms with van der Waals surface area (Å²) in [6.45, 7) is 2.04. The van der Waals surface area contributed by atoms with Crippen LogP contribution in [0.25, 0.3) is 10.9 Å². The maximum Gasteiger partial charge on any atom is 0.124 e. The molecule has 0 aliphatic heterocycles. The predicted molar refractivity (Wildman–Crippen MR) is 73.8 cm³/mol. The number of aryl methyl sites for hydroxylation is 2. The van der Waals surface area contributed by atoms with Crippen LogP contribution in [0.3, 0.4) is 0 Å². The fraction of sp³-hybridized carbons (Fsp3) is 0.214. The fourth-order valence-electron chi connectivity index (χ4n) is 2.21. The normalized spacial score (nSPS) is 13.1. The van der Waals surface area contributed by atoms with Gasteiger partial charge in [-0.1, -0.05) is 18.2 Å². The first kappa shape index (κ1) is 11.4. The van der Waals surface area contributed by atoms with Crippen LogP contribution in [0.4, 0.5) is 0 Å². The summed E-state index contributed by atoms with van der Waals surface area (Å²) in [5.74, 6) is 0. The van der Waals surface area contributed by atoms with E-state index in [1.165, 1.54) is 4.88 Å². The van der Waals surface area contributed by atoms with Crippen LogP contribution < -0.4 is 0 Å². The molecule has 1 unspecified atom stereocenters.